The van der Waals surface area contributed by atoms with Gasteiger partial charge in [-0.3, -0.25) is 0 Å². The summed E-state index contributed by atoms with van der Waals surface area (Å²) in [5.41, 5.74) is 12.8. The number of furan rings is 1. The van der Waals surface area contributed by atoms with Gasteiger partial charge in [-0.1, -0.05) is 140 Å². The number of fused-ring (bicyclic) bond motifs is 9. The molecule has 0 unspecified atom stereocenters. The third-order valence-corrected chi connectivity index (χ3v) is 11.7. The van der Waals surface area contributed by atoms with E-state index in [-0.39, 0.29) is 0 Å². The highest BCUT2D eigenvalue weighted by molar-refractivity contribution is 7.27. The Bertz CT molecular complexity index is 3130. The summed E-state index contributed by atoms with van der Waals surface area (Å²) in [6.07, 6.45) is 0. The standard InChI is InChI=1S/C48H29NOS/c1-3-13-30(14-4-1)32-25-28-41-39(29-32)34-17-7-9-21-40(34)49(41)42-22-11-20-38-46-36(27-26-33(48(46)51-47(38)42)31-15-5-2-6-16-31)35-19-12-24-44-45(35)37-18-8-10-23-43(37)50-44/h1-29H. The zero-order valence-corrected chi connectivity index (χ0v) is 28.3. The van der Waals surface area contributed by atoms with E-state index in [9.17, 15) is 0 Å². The highest BCUT2D eigenvalue weighted by Crippen LogP contribution is 2.49. The summed E-state index contributed by atoms with van der Waals surface area (Å²) in [5, 5.41) is 7.36. The van der Waals surface area contributed by atoms with Gasteiger partial charge in [0.25, 0.3) is 0 Å². The number of benzene rings is 8. The molecule has 2 nitrogen and oxygen atoms in total. The average Bonchev–Trinajstić information content (AvgIpc) is 3.88. The van der Waals surface area contributed by atoms with Crippen LogP contribution >= 0.6 is 11.3 Å². The van der Waals surface area contributed by atoms with Crippen LogP contribution in [0.4, 0.5) is 0 Å². The first-order chi connectivity index (χ1) is 25.3. The Morgan fingerprint density at radius 3 is 1.88 bits per heavy atom. The van der Waals surface area contributed by atoms with E-state index in [0.29, 0.717) is 0 Å². The molecule has 0 spiro atoms. The van der Waals surface area contributed by atoms with Crippen molar-refractivity contribution in [2.75, 3.05) is 0 Å². The predicted molar refractivity (Wildman–Crippen MR) is 217 cm³/mol. The molecule has 51 heavy (non-hydrogen) atoms. The molecule has 0 radical (unpaired) electrons. The van der Waals surface area contributed by atoms with Crippen LogP contribution in [-0.4, -0.2) is 4.57 Å². The van der Waals surface area contributed by atoms with Gasteiger partial charge in [-0.25, -0.2) is 0 Å². The van der Waals surface area contributed by atoms with Crippen LogP contribution in [0.15, 0.2) is 180 Å². The zero-order valence-electron chi connectivity index (χ0n) is 27.5. The highest BCUT2D eigenvalue weighted by Gasteiger charge is 2.22. The fourth-order valence-electron chi connectivity index (χ4n) is 8.17. The Hall–Kier alpha value is -6.42. The van der Waals surface area contributed by atoms with Crippen LogP contribution in [0, 0.1) is 0 Å². The predicted octanol–water partition coefficient (Wildman–Crippen LogP) is 14.1. The van der Waals surface area contributed by atoms with Crippen molar-refractivity contribution in [1.29, 1.82) is 0 Å². The highest BCUT2D eigenvalue weighted by atomic mass is 32.1. The van der Waals surface area contributed by atoms with Gasteiger partial charge in [-0.2, -0.15) is 0 Å². The fourth-order valence-corrected chi connectivity index (χ4v) is 9.54. The fraction of sp³-hybridized carbons (Fsp3) is 0. The molecule has 0 aliphatic rings. The third-order valence-electron chi connectivity index (χ3n) is 10.4. The van der Waals surface area contributed by atoms with Crippen molar-refractivity contribution in [2.45, 2.75) is 0 Å². The first-order valence-electron chi connectivity index (χ1n) is 17.4. The normalized spacial score (nSPS) is 11.9. The van der Waals surface area contributed by atoms with Crippen molar-refractivity contribution in [1.82, 2.24) is 4.57 Å². The molecule has 0 bridgehead atoms. The summed E-state index contributed by atoms with van der Waals surface area (Å²) in [6.45, 7) is 0. The van der Waals surface area contributed by atoms with E-state index in [4.69, 9.17) is 4.42 Å². The first-order valence-corrected chi connectivity index (χ1v) is 18.2. The van der Waals surface area contributed by atoms with Gasteiger partial charge in [-0.15, -0.1) is 11.3 Å². The molecule has 0 saturated carbocycles. The molecule has 8 aromatic carbocycles. The molecular weight excluding hydrogens is 639 g/mol. The molecule has 0 atom stereocenters. The first kappa shape index (κ1) is 28.4. The van der Waals surface area contributed by atoms with Crippen molar-refractivity contribution >= 4 is 75.3 Å². The molecule has 0 fully saturated rings. The summed E-state index contributed by atoms with van der Waals surface area (Å²) in [7, 11) is 0. The molecule has 3 heteroatoms. The number of hydrogen-bond donors (Lipinski definition) is 0. The van der Waals surface area contributed by atoms with Crippen LogP contribution in [0.5, 0.6) is 0 Å². The van der Waals surface area contributed by atoms with Crippen molar-refractivity contribution in [2.24, 2.45) is 0 Å². The third kappa shape index (κ3) is 4.22. The van der Waals surface area contributed by atoms with E-state index in [0.717, 1.165) is 21.9 Å². The van der Waals surface area contributed by atoms with Gasteiger partial charge < -0.3 is 8.98 Å². The second kappa shape index (κ2) is 11.0. The molecule has 11 rings (SSSR count). The maximum Gasteiger partial charge on any atom is 0.136 e. The molecule has 0 saturated heterocycles. The van der Waals surface area contributed by atoms with Crippen LogP contribution in [0.2, 0.25) is 0 Å². The molecule has 0 N–H and O–H groups in total. The maximum atomic E-state index is 6.37. The van der Waals surface area contributed by atoms with E-state index >= 15 is 0 Å². The minimum absolute atomic E-state index is 0.911. The zero-order chi connectivity index (χ0) is 33.5. The molecular formula is C48H29NOS. The van der Waals surface area contributed by atoms with Gasteiger partial charge in [0.15, 0.2) is 0 Å². The number of rotatable bonds is 4. The van der Waals surface area contributed by atoms with E-state index in [1.165, 1.54) is 81.0 Å². The van der Waals surface area contributed by atoms with E-state index in [2.05, 4.69) is 174 Å². The Morgan fingerprint density at radius 2 is 1.02 bits per heavy atom. The van der Waals surface area contributed by atoms with E-state index < -0.39 is 0 Å². The summed E-state index contributed by atoms with van der Waals surface area (Å²) < 4.78 is 11.4. The largest absolute Gasteiger partial charge is 0.456 e. The molecule has 238 valence electrons. The van der Waals surface area contributed by atoms with Crippen LogP contribution in [0.1, 0.15) is 0 Å². The SMILES string of the molecule is c1ccc(-c2ccc3c(c2)c2ccccc2n3-c2cccc3c2sc2c(-c4ccccc4)ccc(-c4cccc5oc6ccccc6c45)c23)cc1. The minimum Gasteiger partial charge on any atom is -0.456 e. The quantitative estimate of drug-likeness (QED) is 0.183. The topological polar surface area (TPSA) is 18.1 Å². The van der Waals surface area contributed by atoms with E-state index in [1.54, 1.807) is 0 Å². The number of para-hydroxylation sites is 2. The second-order valence-electron chi connectivity index (χ2n) is 13.2. The average molecular weight is 668 g/mol. The second-order valence-corrected chi connectivity index (χ2v) is 14.2. The van der Waals surface area contributed by atoms with Crippen molar-refractivity contribution in [3.63, 3.8) is 0 Å². The van der Waals surface area contributed by atoms with Crippen LogP contribution in [-0.2, 0) is 0 Å². The van der Waals surface area contributed by atoms with Gasteiger partial charge in [0.2, 0.25) is 0 Å². The van der Waals surface area contributed by atoms with Gasteiger partial charge in [0.05, 0.1) is 21.4 Å². The monoisotopic (exact) mass is 667 g/mol. The van der Waals surface area contributed by atoms with Crippen LogP contribution < -0.4 is 0 Å². The summed E-state index contributed by atoms with van der Waals surface area (Å²) in [4.78, 5) is 0. The Balaban J connectivity index is 1.24. The number of aromatic nitrogens is 1. The molecule has 0 aliphatic heterocycles. The Labute approximate surface area is 298 Å². The van der Waals surface area contributed by atoms with Gasteiger partial charge in [0, 0.05) is 37.0 Å². The van der Waals surface area contributed by atoms with Gasteiger partial charge in [0.1, 0.15) is 11.2 Å². The van der Waals surface area contributed by atoms with Gasteiger partial charge in [-0.05, 0) is 69.8 Å². The van der Waals surface area contributed by atoms with Crippen LogP contribution in [0.3, 0.4) is 0 Å². The maximum absolute atomic E-state index is 6.37. The molecule has 3 aromatic heterocycles. The smallest absolute Gasteiger partial charge is 0.136 e. The van der Waals surface area contributed by atoms with Gasteiger partial charge >= 0.3 is 0 Å². The molecule has 0 amide bonds. The summed E-state index contributed by atoms with van der Waals surface area (Å²) in [6, 6.07) is 63.5. The lowest BCUT2D eigenvalue weighted by Gasteiger charge is -2.11. The number of nitrogens with zero attached hydrogens (tertiary/aromatic N) is 1. The Morgan fingerprint density at radius 1 is 0.373 bits per heavy atom. The summed E-state index contributed by atoms with van der Waals surface area (Å²) >= 11 is 1.90. The minimum atomic E-state index is 0.911. The lowest BCUT2D eigenvalue weighted by Crippen LogP contribution is -1.93. The molecule has 11 aromatic rings. The lowest BCUT2D eigenvalue weighted by molar-refractivity contribution is 0.669. The van der Waals surface area contributed by atoms with Crippen molar-refractivity contribution in [3.05, 3.63) is 176 Å². The number of hydrogen-bond acceptors (Lipinski definition) is 2. The van der Waals surface area contributed by atoms with Crippen molar-refractivity contribution in [3.8, 4) is 39.1 Å². The molecule has 3 heterocycles. The van der Waals surface area contributed by atoms with Crippen LogP contribution in [0.25, 0.3) is 103 Å². The molecule has 0 aliphatic carbocycles. The van der Waals surface area contributed by atoms with Crippen molar-refractivity contribution < 1.29 is 4.42 Å². The van der Waals surface area contributed by atoms with E-state index in [1.807, 2.05) is 17.4 Å². The lowest BCUT2D eigenvalue weighted by atomic mass is 9.92. The summed E-state index contributed by atoms with van der Waals surface area (Å²) in [5.74, 6) is 0. The number of thiophene rings is 1. The Kier molecular flexibility index (Phi) is 6.16.